The number of nitrogens with zero attached hydrogens (tertiary/aromatic N) is 1. The standard InChI is InChI=1S/C23H17BrClNO4/c24-17-7-4-15-11-21(23(28)29)26(13-16(15)10-17)22(27)14-5-8-19(9-6-14)30-20-3-1-2-18(25)12-20/h1-10,12,21H,11,13H2,(H,28,29). The van der Waals surface area contributed by atoms with Crippen LogP contribution >= 0.6 is 27.5 Å². The van der Waals surface area contributed by atoms with E-state index in [1.807, 2.05) is 18.2 Å². The molecule has 1 heterocycles. The largest absolute Gasteiger partial charge is 0.480 e. The molecule has 0 radical (unpaired) electrons. The van der Waals surface area contributed by atoms with Crippen LogP contribution in [0.2, 0.25) is 5.02 Å². The zero-order valence-corrected chi connectivity index (χ0v) is 18.1. The molecular weight excluding hydrogens is 470 g/mol. The minimum absolute atomic E-state index is 0.241. The van der Waals surface area contributed by atoms with E-state index in [0.717, 1.165) is 15.6 Å². The lowest BCUT2D eigenvalue weighted by Gasteiger charge is -2.34. The Labute approximate surface area is 187 Å². The van der Waals surface area contributed by atoms with E-state index in [1.165, 1.54) is 4.90 Å². The van der Waals surface area contributed by atoms with Gasteiger partial charge >= 0.3 is 5.97 Å². The van der Waals surface area contributed by atoms with Gasteiger partial charge < -0.3 is 14.7 Å². The van der Waals surface area contributed by atoms with Crippen LogP contribution < -0.4 is 4.74 Å². The molecule has 0 spiro atoms. The van der Waals surface area contributed by atoms with Crippen LogP contribution in [0.5, 0.6) is 11.5 Å². The number of carbonyl (C=O) groups is 2. The second-order valence-corrected chi connectivity index (χ2v) is 8.34. The first-order valence-electron chi connectivity index (χ1n) is 9.25. The maximum absolute atomic E-state index is 13.1. The number of hydrogen-bond donors (Lipinski definition) is 1. The van der Waals surface area contributed by atoms with E-state index in [-0.39, 0.29) is 18.9 Å². The SMILES string of the molecule is O=C(O)C1Cc2ccc(Br)cc2CN1C(=O)c1ccc(Oc2cccc(Cl)c2)cc1. The second kappa shape index (κ2) is 8.50. The Balaban J connectivity index is 1.56. The van der Waals surface area contributed by atoms with Crippen molar-refractivity contribution in [2.24, 2.45) is 0 Å². The maximum Gasteiger partial charge on any atom is 0.326 e. The second-order valence-electron chi connectivity index (χ2n) is 6.99. The summed E-state index contributed by atoms with van der Waals surface area (Å²) in [5, 5.41) is 10.2. The summed E-state index contributed by atoms with van der Waals surface area (Å²) in [4.78, 5) is 26.4. The van der Waals surface area contributed by atoms with Crippen LogP contribution in [0.1, 0.15) is 21.5 Å². The molecular formula is C23H17BrClNO4. The molecule has 30 heavy (non-hydrogen) atoms. The summed E-state index contributed by atoms with van der Waals surface area (Å²) in [5.41, 5.74) is 2.29. The maximum atomic E-state index is 13.1. The molecule has 0 saturated carbocycles. The summed E-state index contributed by atoms with van der Waals surface area (Å²) in [5.74, 6) is -0.206. The summed E-state index contributed by atoms with van der Waals surface area (Å²) < 4.78 is 6.64. The number of halogens is 2. The highest BCUT2D eigenvalue weighted by atomic mass is 79.9. The van der Waals surface area contributed by atoms with E-state index >= 15 is 0 Å². The molecule has 5 nitrogen and oxygen atoms in total. The van der Waals surface area contributed by atoms with E-state index in [2.05, 4.69) is 15.9 Å². The molecule has 4 rings (SSSR count). The van der Waals surface area contributed by atoms with Crippen molar-refractivity contribution in [3.63, 3.8) is 0 Å². The molecule has 1 N–H and O–H groups in total. The number of carboxylic acids is 1. The lowest BCUT2D eigenvalue weighted by atomic mass is 9.93. The van der Waals surface area contributed by atoms with Gasteiger partial charge in [0, 0.05) is 28.0 Å². The Hall–Kier alpha value is -2.83. The highest BCUT2D eigenvalue weighted by Crippen LogP contribution is 2.29. The Morgan fingerprint density at radius 2 is 1.77 bits per heavy atom. The van der Waals surface area contributed by atoms with Crippen molar-refractivity contribution in [2.75, 3.05) is 0 Å². The van der Waals surface area contributed by atoms with E-state index in [9.17, 15) is 14.7 Å². The first-order valence-corrected chi connectivity index (χ1v) is 10.4. The zero-order chi connectivity index (χ0) is 21.3. The molecule has 1 unspecified atom stereocenters. The number of benzene rings is 3. The van der Waals surface area contributed by atoms with Crippen LogP contribution in [0.15, 0.2) is 71.2 Å². The van der Waals surface area contributed by atoms with E-state index < -0.39 is 12.0 Å². The quantitative estimate of drug-likeness (QED) is 0.525. The first-order chi connectivity index (χ1) is 14.4. The van der Waals surface area contributed by atoms with Crippen molar-refractivity contribution in [3.05, 3.63) is 92.9 Å². The van der Waals surface area contributed by atoms with Crippen LogP contribution in [0.3, 0.4) is 0 Å². The molecule has 1 aliphatic rings. The number of carbonyl (C=O) groups excluding carboxylic acids is 1. The Kier molecular flexibility index (Phi) is 5.79. The van der Waals surface area contributed by atoms with Crippen LogP contribution in [0, 0.1) is 0 Å². The lowest BCUT2D eigenvalue weighted by Crippen LogP contribution is -2.48. The number of carboxylic acid groups (broad SMARTS) is 1. The predicted molar refractivity (Wildman–Crippen MR) is 117 cm³/mol. The fourth-order valence-electron chi connectivity index (χ4n) is 3.48. The normalized spacial score (nSPS) is 15.4. The summed E-state index contributed by atoms with van der Waals surface area (Å²) in [7, 11) is 0. The molecule has 152 valence electrons. The fraction of sp³-hybridized carbons (Fsp3) is 0.130. The Morgan fingerprint density at radius 3 is 2.47 bits per heavy atom. The molecule has 3 aromatic rings. The van der Waals surface area contributed by atoms with Crippen LogP contribution in [0.4, 0.5) is 0 Å². The van der Waals surface area contributed by atoms with Gasteiger partial charge in [0.15, 0.2) is 0 Å². The van der Waals surface area contributed by atoms with Crippen molar-refractivity contribution < 1.29 is 19.4 Å². The number of ether oxygens (including phenoxy) is 1. The number of fused-ring (bicyclic) bond motifs is 1. The predicted octanol–water partition coefficient (Wildman–Crippen LogP) is 5.55. The van der Waals surface area contributed by atoms with Gasteiger partial charge in [-0.15, -0.1) is 0 Å². The van der Waals surface area contributed by atoms with Gasteiger partial charge in [-0.3, -0.25) is 4.79 Å². The van der Waals surface area contributed by atoms with Gasteiger partial charge in [-0.2, -0.15) is 0 Å². The summed E-state index contributed by atoms with van der Waals surface area (Å²) in [6.07, 6.45) is 0.277. The van der Waals surface area contributed by atoms with Crippen LogP contribution in [-0.4, -0.2) is 27.9 Å². The molecule has 1 atom stereocenters. The van der Waals surface area contributed by atoms with Gasteiger partial charge in [0.1, 0.15) is 17.5 Å². The molecule has 0 bridgehead atoms. The van der Waals surface area contributed by atoms with Crippen molar-refractivity contribution in [2.45, 2.75) is 19.0 Å². The minimum atomic E-state index is -1.02. The third kappa shape index (κ3) is 4.35. The summed E-state index contributed by atoms with van der Waals surface area (Å²) in [6, 6.07) is 18.5. The average Bonchev–Trinajstić information content (AvgIpc) is 2.72. The van der Waals surface area contributed by atoms with Crippen LogP contribution in [-0.2, 0) is 17.8 Å². The van der Waals surface area contributed by atoms with Crippen molar-refractivity contribution in [1.82, 2.24) is 4.90 Å². The van der Waals surface area contributed by atoms with E-state index in [0.29, 0.717) is 22.1 Å². The summed E-state index contributed by atoms with van der Waals surface area (Å²) in [6.45, 7) is 0.241. The van der Waals surface area contributed by atoms with E-state index in [1.54, 1.807) is 48.5 Å². The number of rotatable bonds is 4. The zero-order valence-electron chi connectivity index (χ0n) is 15.7. The molecule has 0 aromatic heterocycles. The summed E-state index contributed by atoms with van der Waals surface area (Å²) >= 11 is 9.40. The Morgan fingerprint density at radius 1 is 1.00 bits per heavy atom. The molecule has 0 aliphatic carbocycles. The molecule has 7 heteroatoms. The lowest BCUT2D eigenvalue weighted by molar-refractivity contribution is -0.142. The molecule has 0 saturated heterocycles. The van der Waals surface area contributed by atoms with Crippen molar-refractivity contribution in [3.8, 4) is 11.5 Å². The molecule has 0 fully saturated rings. The van der Waals surface area contributed by atoms with Gasteiger partial charge in [0.05, 0.1) is 0 Å². The minimum Gasteiger partial charge on any atom is -0.480 e. The fourth-order valence-corrected chi connectivity index (χ4v) is 4.07. The van der Waals surface area contributed by atoms with Crippen LogP contribution in [0.25, 0.3) is 0 Å². The third-order valence-electron chi connectivity index (χ3n) is 4.98. The highest BCUT2D eigenvalue weighted by molar-refractivity contribution is 9.10. The molecule has 1 aliphatic heterocycles. The monoisotopic (exact) mass is 485 g/mol. The van der Waals surface area contributed by atoms with Gasteiger partial charge in [0.2, 0.25) is 0 Å². The smallest absolute Gasteiger partial charge is 0.326 e. The molecule has 3 aromatic carbocycles. The molecule has 1 amide bonds. The number of hydrogen-bond acceptors (Lipinski definition) is 3. The number of aliphatic carboxylic acids is 1. The van der Waals surface area contributed by atoms with Gasteiger partial charge in [0.25, 0.3) is 5.91 Å². The third-order valence-corrected chi connectivity index (χ3v) is 5.71. The number of amides is 1. The van der Waals surface area contributed by atoms with Crippen molar-refractivity contribution in [1.29, 1.82) is 0 Å². The topological polar surface area (TPSA) is 66.8 Å². The Bertz CT molecular complexity index is 1120. The first kappa shape index (κ1) is 20.4. The van der Waals surface area contributed by atoms with E-state index in [4.69, 9.17) is 16.3 Å². The van der Waals surface area contributed by atoms with Gasteiger partial charge in [-0.1, -0.05) is 39.7 Å². The highest BCUT2D eigenvalue weighted by Gasteiger charge is 2.35. The van der Waals surface area contributed by atoms with Gasteiger partial charge in [-0.25, -0.2) is 4.79 Å². The van der Waals surface area contributed by atoms with Gasteiger partial charge in [-0.05, 0) is 65.7 Å². The van der Waals surface area contributed by atoms with Crippen molar-refractivity contribution >= 4 is 39.4 Å². The average molecular weight is 487 g/mol.